The van der Waals surface area contributed by atoms with E-state index in [0.717, 1.165) is 6.54 Å². The summed E-state index contributed by atoms with van der Waals surface area (Å²) >= 11 is 9.31. The van der Waals surface area contributed by atoms with Gasteiger partial charge in [0.25, 0.3) is 0 Å². The summed E-state index contributed by atoms with van der Waals surface area (Å²) in [4.78, 5) is 5.34. The monoisotopic (exact) mass is 212 g/mol. The van der Waals surface area contributed by atoms with Gasteiger partial charge in [-0.25, -0.2) is 0 Å². The Morgan fingerprint density at radius 3 is 2.92 bits per heavy atom. The van der Waals surface area contributed by atoms with E-state index in [1.165, 1.54) is 18.5 Å². The van der Waals surface area contributed by atoms with Gasteiger partial charge in [0, 0.05) is 17.9 Å². The summed E-state index contributed by atoms with van der Waals surface area (Å²) in [7, 11) is 0. The third kappa shape index (κ3) is 2.25. The fraction of sp³-hybridized carbons (Fsp3) is 0.444. The number of nitrogens with zero attached hydrogens (tertiary/aromatic N) is 1. The Morgan fingerprint density at radius 2 is 2.46 bits per heavy atom. The van der Waals surface area contributed by atoms with Crippen LogP contribution in [0, 0.1) is 0 Å². The van der Waals surface area contributed by atoms with Crippen molar-refractivity contribution in [3.63, 3.8) is 0 Å². The lowest BCUT2D eigenvalue weighted by atomic mass is 10.4. The second-order valence-electron chi connectivity index (χ2n) is 3.34. The third-order valence-corrected chi connectivity index (χ3v) is 2.73. The van der Waals surface area contributed by atoms with Crippen LogP contribution >= 0.6 is 24.8 Å². The lowest BCUT2D eigenvalue weighted by Gasteiger charge is -2.21. The van der Waals surface area contributed by atoms with Crippen LogP contribution in [0.2, 0.25) is 0 Å². The van der Waals surface area contributed by atoms with Crippen molar-refractivity contribution in [2.75, 3.05) is 0 Å². The predicted molar refractivity (Wildman–Crippen MR) is 60.9 cm³/mol. The number of hydrogen-bond acceptors (Lipinski definition) is 1. The first kappa shape index (κ1) is 9.09. The lowest BCUT2D eigenvalue weighted by molar-refractivity contribution is 0.413. The van der Waals surface area contributed by atoms with Crippen molar-refractivity contribution in [2.45, 2.75) is 25.4 Å². The van der Waals surface area contributed by atoms with Gasteiger partial charge < -0.3 is 9.88 Å². The summed E-state index contributed by atoms with van der Waals surface area (Å²) in [6.45, 7) is 0.861. The van der Waals surface area contributed by atoms with Gasteiger partial charge in [0.1, 0.15) is 4.32 Å². The second kappa shape index (κ2) is 3.72. The van der Waals surface area contributed by atoms with Gasteiger partial charge in [-0.15, -0.1) is 12.6 Å². The Kier molecular flexibility index (Phi) is 2.60. The first-order chi connectivity index (χ1) is 6.27. The van der Waals surface area contributed by atoms with Gasteiger partial charge >= 0.3 is 0 Å². The molecule has 1 aromatic rings. The van der Waals surface area contributed by atoms with E-state index in [4.69, 9.17) is 12.2 Å². The molecule has 1 heterocycles. The Hall–Kier alpha value is -0.480. The van der Waals surface area contributed by atoms with Crippen LogP contribution in [0.4, 0.5) is 0 Å². The molecule has 4 heteroatoms. The van der Waals surface area contributed by atoms with Gasteiger partial charge in [0.15, 0.2) is 0 Å². The fourth-order valence-electron chi connectivity index (χ4n) is 1.39. The highest BCUT2D eigenvalue weighted by atomic mass is 32.1. The molecule has 1 saturated carbocycles. The number of thiol groups is 1. The number of H-pyrrole nitrogens is 1. The molecule has 1 fully saturated rings. The van der Waals surface area contributed by atoms with Crippen molar-refractivity contribution in [3.8, 4) is 0 Å². The maximum atomic E-state index is 5.08. The second-order valence-corrected chi connectivity index (χ2v) is 4.45. The Labute approximate surface area is 88.7 Å². The molecule has 0 aromatic carbocycles. The van der Waals surface area contributed by atoms with Gasteiger partial charge in [-0.1, -0.05) is 12.2 Å². The zero-order valence-electron chi connectivity index (χ0n) is 7.23. The smallest absolute Gasteiger partial charge is 0.133 e. The molecule has 1 aliphatic carbocycles. The SMILES string of the molecule is S=C(S)N(Cc1ccc[nH]1)C1CC1. The number of thiocarbonyl (C=S) groups is 1. The fourth-order valence-corrected chi connectivity index (χ4v) is 1.84. The molecule has 2 rings (SSSR count). The first-order valence-electron chi connectivity index (χ1n) is 4.39. The molecule has 1 N–H and O–H groups in total. The first-order valence-corrected chi connectivity index (χ1v) is 5.25. The van der Waals surface area contributed by atoms with E-state index in [-0.39, 0.29) is 0 Å². The summed E-state index contributed by atoms with van der Waals surface area (Å²) < 4.78 is 0.706. The summed E-state index contributed by atoms with van der Waals surface area (Å²) in [5.41, 5.74) is 1.20. The highest BCUT2D eigenvalue weighted by Crippen LogP contribution is 2.29. The molecule has 0 radical (unpaired) electrons. The van der Waals surface area contributed by atoms with E-state index in [2.05, 4.69) is 28.6 Å². The van der Waals surface area contributed by atoms with Crippen molar-refractivity contribution >= 4 is 29.2 Å². The molecule has 13 heavy (non-hydrogen) atoms. The minimum absolute atomic E-state index is 0.633. The van der Waals surface area contributed by atoms with E-state index >= 15 is 0 Å². The Morgan fingerprint density at radius 1 is 1.69 bits per heavy atom. The molecule has 0 aliphatic heterocycles. The van der Waals surface area contributed by atoms with Gasteiger partial charge in [0.05, 0.1) is 6.54 Å². The minimum atomic E-state index is 0.633. The summed E-state index contributed by atoms with van der Waals surface area (Å²) in [6, 6.07) is 4.71. The molecule has 0 unspecified atom stereocenters. The van der Waals surface area contributed by atoms with Crippen molar-refractivity contribution in [1.82, 2.24) is 9.88 Å². The van der Waals surface area contributed by atoms with E-state index in [1.807, 2.05) is 12.3 Å². The van der Waals surface area contributed by atoms with E-state index < -0.39 is 0 Å². The molecule has 0 saturated heterocycles. The van der Waals surface area contributed by atoms with Crippen LogP contribution in [0.1, 0.15) is 18.5 Å². The Balaban J connectivity index is 2.01. The van der Waals surface area contributed by atoms with Crippen molar-refractivity contribution in [2.24, 2.45) is 0 Å². The standard InChI is InChI=1S/C9H12N2S2/c12-9(13)11(8-3-4-8)6-7-2-1-5-10-7/h1-2,5,8,10H,3-4,6H2,(H,12,13). The van der Waals surface area contributed by atoms with E-state index in [1.54, 1.807) is 0 Å². The topological polar surface area (TPSA) is 19.0 Å². The number of nitrogens with one attached hydrogen (secondary N) is 1. The molecule has 0 bridgehead atoms. The molecule has 0 amide bonds. The quantitative estimate of drug-likeness (QED) is 0.591. The number of aromatic amines is 1. The van der Waals surface area contributed by atoms with Crippen LogP contribution in [0.3, 0.4) is 0 Å². The van der Waals surface area contributed by atoms with E-state index in [9.17, 15) is 0 Å². The van der Waals surface area contributed by atoms with Crippen LogP contribution < -0.4 is 0 Å². The van der Waals surface area contributed by atoms with E-state index in [0.29, 0.717) is 10.4 Å². The minimum Gasteiger partial charge on any atom is -0.364 e. The average molecular weight is 212 g/mol. The molecule has 0 atom stereocenters. The Bertz CT molecular complexity index is 291. The van der Waals surface area contributed by atoms with Crippen molar-refractivity contribution in [1.29, 1.82) is 0 Å². The van der Waals surface area contributed by atoms with Gasteiger partial charge in [0.2, 0.25) is 0 Å². The maximum absolute atomic E-state index is 5.08. The zero-order valence-corrected chi connectivity index (χ0v) is 8.94. The lowest BCUT2D eigenvalue weighted by Crippen LogP contribution is -2.27. The molecule has 70 valence electrons. The molecule has 1 aromatic heterocycles. The van der Waals surface area contributed by atoms with Crippen LogP contribution in [-0.2, 0) is 6.54 Å². The number of aromatic nitrogens is 1. The summed E-state index contributed by atoms with van der Waals surface area (Å²) in [6.07, 6.45) is 4.44. The van der Waals surface area contributed by atoms with Crippen molar-refractivity contribution in [3.05, 3.63) is 24.0 Å². The van der Waals surface area contributed by atoms with Crippen molar-refractivity contribution < 1.29 is 0 Å². The van der Waals surface area contributed by atoms with Crippen LogP contribution in [0.25, 0.3) is 0 Å². The normalized spacial score (nSPS) is 15.8. The van der Waals surface area contributed by atoms with Gasteiger partial charge in [-0.05, 0) is 25.0 Å². The molecular formula is C9H12N2S2. The third-order valence-electron chi connectivity index (χ3n) is 2.24. The largest absolute Gasteiger partial charge is 0.364 e. The number of rotatable bonds is 3. The highest BCUT2D eigenvalue weighted by Gasteiger charge is 2.29. The van der Waals surface area contributed by atoms with Crippen LogP contribution in [0.15, 0.2) is 18.3 Å². The zero-order chi connectivity index (χ0) is 9.26. The molecule has 1 aliphatic rings. The maximum Gasteiger partial charge on any atom is 0.133 e. The molecular weight excluding hydrogens is 200 g/mol. The molecule has 0 spiro atoms. The highest BCUT2D eigenvalue weighted by molar-refractivity contribution is 8.10. The average Bonchev–Trinajstić information content (AvgIpc) is 2.79. The summed E-state index contributed by atoms with van der Waals surface area (Å²) in [5, 5.41) is 0. The summed E-state index contributed by atoms with van der Waals surface area (Å²) in [5.74, 6) is 0. The van der Waals surface area contributed by atoms with Gasteiger partial charge in [-0.2, -0.15) is 0 Å². The predicted octanol–water partition coefficient (Wildman–Crippen LogP) is 2.19. The van der Waals surface area contributed by atoms with Gasteiger partial charge in [-0.3, -0.25) is 0 Å². The molecule has 2 nitrogen and oxygen atoms in total. The van der Waals surface area contributed by atoms with Crippen LogP contribution in [-0.4, -0.2) is 20.2 Å². The number of hydrogen-bond donors (Lipinski definition) is 2. The van der Waals surface area contributed by atoms with Crippen LogP contribution in [0.5, 0.6) is 0 Å².